The molecule has 0 bridgehead atoms. The van der Waals surface area contributed by atoms with Crippen molar-refractivity contribution in [3.8, 4) is 0 Å². The maximum absolute atomic E-state index is 10.8. The van der Waals surface area contributed by atoms with Gasteiger partial charge in [0.15, 0.2) is 0 Å². The van der Waals surface area contributed by atoms with E-state index in [0.717, 1.165) is 10.0 Å². The highest BCUT2D eigenvalue weighted by Gasteiger charge is 1.95. The summed E-state index contributed by atoms with van der Waals surface area (Å²) in [5.41, 5.74) is 0.952. The summed E-state index contributed by atoms with van der Waals surface area (Å²) >= 11 is 3.36. The van der Waals surface area contributed by atoms with Crippen LogP contribution in [0.1, 0.15) is 5.56 Å². The fourth-order valence-electron chi connectivity index (χ4n) is 0.836. The molecule has 0 N–H and O–H groups in total. The first-order valence-corrected chi connectivity index (χ1v) is 4.54. The summed E-state index contributed by atoms with van der Waals surface area (Å²) < 4.78 is 5.42. The summed E-state index contributed by atoms with van der Waals surface area (Å²) in [6.07, 6.45) is 3.09. The lowest BCUT2D eigenvalue weighted by Gasteiger charge is -1.95. The number of hydrogen-bond acceptors (Lipinski definition) is 2. The average Bonchev–Trinajstić information content (AvgIpc) is 2.16. The molecule has 0 aliphatic heterocycles. The van der Waals surface area contributed by atoms with Gasteiger partial charge in [-0.25, -0.2) is 4.79 Å². The molecule has 0 radical (unpaired) electrons. The van der Waals surface area contributed by atoms with E-state index in [1.807, 2.05) is 24.3 Å². The fourth-order valence-corrected chi connectivity index (χ4v) is 1.25. The molecule has 0 saturated carbocycles. The highest BCUT2D eigenvalue weighted by molar-refractivity contribution is 9.10. The zero-order chi connectivity index (χ0) is 9.68. The maximum atomic E-state index is 10.8. The third-order valence-corrected chi connectivity index (χ3v) is 2.23. The third-order valence-electron chi connectivity index (χ3n) is 1.51. The number of benzene rings is 1. The van der Waals surface area contributed by atoms with Gasteiger partial charge >= 0.3 is 5.97 Å². The van der Waals surface area contributed by atoms with E-state index in [-0.39, 0.29) is 5.97 Å². The van der Waals surface area contributed by atoms with Crippen LogP contribution in [-0.4, -0.2) is 13.1 Å². The van der Waals surface area contributed by atoms with Crippen LogP contribution in [0.15, 0.2) is 34.8 Å². The van der Waals surface area contributed by atoms with E-state index in [1.165, 1.54) is 13.2 Å². The number of hydrogen-bond donors (Lipinski definition) is 0. The standard InChI is InChI=1S/C10H9BrO2/c1-13-10(12)7-6-8-4-2-3-5-9(8)11/h2-7H,1H3. The van der Waals surface area contributed by atoms with Crippen LogP contribution in [0.3, 0.4) is 0 Å². The SMILES string of the molecule is COC(=O)C=Cc1ccccc1Br. The van der Waals surface area contributed by atoms with Crippen LogP contribution >= 0.6 is 15.9 Å². The first kappa shape index (κ1) is 9.99. The molecule has 0 aliphatic rings. The van der Waals surface area contributed by atoms with Crippen LogP contribution in [0, 0.1) is 0 Å². The van der Waals surface area contributed by atoms with Crippen molar-refractivity contribution in [1.82, 2.24) is 0 Å². The quantitative estimate of drug-likeness (QED) is 0.587. The summed E-state index contributed by atoms with van der Waals surface area (Å²) in [6.45, 7) is 0. The van der Waals surface area contributed by atoms with Crippen LogP contribution in [0.4, 0.5) is 0 Å². The Hall–Kier alpha value is -1.09. The van der Waals surface area contributed by atoms with Gasteiger partial charge in [-0.2, -0.15) is 0 Å². The topological polar surface area (TPSA) is 26.3 Å². The lowest BCUT2D eigenvalue weighted by Crippen LogP contribution is -1.93. The van der Waals surface area contributed by atoms with Crippen molar-refractivity contribution in [3.63, 3.8) is 0 Å². The molecule has 0 aliphatic carbocycles. The van der Waals surface area contributed by atoms with E-state index < -0.39 is 0 Å². The summed E-state index contributed by atoms with van der Waals surface area (Å²) in [4.78, 5) is 10.8. The van der Waals surface area contributed by atoms with E-state index in [4.69, 9.17) is 0 Å². The Kier molecular flexibility index (Phi) is 3.71. The Morgan fingerprint density at radius 1 is 1.46 bits per heavy atom. The second-order valence-electron chi connectivity index (χ2n) is 2.38. The molecule has 0 saturated heterocycles. The van der Waals surface area contributed by atoms with E-state index in [0.29, 0.717) is 0 Å². The third kappa shape index (κ3) is 3.03. The molecule has 0 aromatic heterocycles. The summed E-state index contributed by atoms with van der Waals surface area (Å²) in [7, 11) is 1.35. The number of rotatable bonds is 2. The lowest BCUT2D eigenvalue weighted by molar-refractivity contribution is -0.134. The molecule has 13 heavy (non-hydrogen) atoms. The second kappa shape index (κ2) is 4.82. The molecule has 2 nitrogen and oxygen atoms in total. The molecule has 0 fully saturated rings. The number of methoxy groups -OCH3 is 1. The van der Waals surface area contributed by atoms with E-state index in [1.54, 1.807) is 6.08 Å². The summed E-state index contributed by atoms with van der Waals surface area (Å²) in [6, 6.07) is 7.64. The van der Waals surface area contributed by atoms with Crippen molar-refractivity contribution in [1.29, 1.82) is 0 Å². The number of carbonyl (C=O) groups is 1. The minimum Gasteiger partial charge on any atom is -0.466 e. The number of carbonyl (C=O) groups excluding carboxylic acids is 1. The summed E-state index contributed by atoms with van der Waals surface area (Å²) in [5.74, 6) is -0.351. The minimum absolute atomic E-state index is 0.351. The molecule has 0 spiro atoms. The Bertz CT molecular complexity index is 331. The zero-order valence-corrected chi connectivity index (χ0v) is 8.74. The Morgan fingerprint density at radius 3 is 2.77 bits per heavy atom. The van der Waals surface area contributed by atoms with Crippen LogP contribution in [0.2, 0.25) is 0 Å². The van der Waals surface area contributed by atoms with Gasteiger partial charge in [0.05, 0.1) is 7.11 Å². The molecule has 3 heteroatoms. The molecule has 1 rings (SSSR count). The van der Waals surface area contributed by atoms with E-state index >= 15 is 0 Å². The average molecular weight is 241 g/mol. The van der Waals surface area contributed by atoms with Gasteiger partial charge in [-0.1, -0.05) is 34.1 Å². The van der Waals surface area contributed by atoms with Gasteiger partial charge in [0, 0.05) is 10.5 Å². The van der Waals surface area contributed by atoms with Crippen molar-refractivity contribution in [2.24, 2.45) is 0 Å². The van der Waals surface area contributed by atoms with Crippen LogP contribution in [0.25, 0.3) is 6.08 Å². The van der Waals surface area contributed by atoms with Crippen molar-refractivity contribution in [3.05, 3.63) is 40.4 Å². The van der Waals surface area contributed by atoms with Crippen LogP contribution in [-0.2, 0) is 9.53 Å². The fraction of sp³-hybridized carbons (Fsp3) is 0.100. The lowest BCUT2D eigenvalue weighted by atomic mass is 10.2. The van der Waals surface area contributed by atoms with Gasteiger partial charge in [0.25, 0.3) is 0 Å². The van der Waals surface area contributed by atoms with Crippen molar-refractivity contribution in [2.75, 3.05) is 7.11 Å². The van der Waals surface area contributed by atoms with E-state index in [2.05, 4.69) is 20.7 Å². The molecule has 1 aromatic carbocycles. The molecule has 0 atom stereocenters. The maximum Gasteiger partial charge on any atom is 0.330 e. The first-order valence-electron chi connectivity index (χ1n) is 3.74. The molecule has 0 heterocycles. The van der Waals surface area contributed by atoms with Crippen LogP contribution in [0.5, 0.6) is 0 Å². The molecular formula is C10H9BrO2. The van der Waals surface area contributed by atoms with Gasteiger partial charge in [-0.05, 0) is 17.7 Å². The predicted molar refractivity (Wildman–Crippen MR) is 55.2 cm³/mol. The monoisotopic (exact) mass is 240 g/mol. The predicted octanol–water partition coefficient (Wildman–Crippen LogP) is 2.64. The smallest absolute Gasteiger partial charge is 0.330 e. The van der Waals surface area contributed by atoms with Gasteiger partial charge in [-0.3, -0.25) is 0 Å². The molecule has 68 valence electrons. The first-order chi connectivity index (χ1) is 6.24. The number of ether oxygens (including phenoxy) is 1. The van der Waals surface area contributed by atoms with Crippen LogP contribution < -0.4 is 0 Å². The largest absolute Gasteiger partial charge is 0.466 e. The molecular weight excluding hydrogens is 232 g/mol. The molecule has 1 aromatic rings. The molecule has 0 unspecified atom stereocenters. The van der Waals surface area contributed by atoms with E-state index in [9.17, 15) is 4.79 Å². The zero-order valence-electron chi connectivity index (χ0n) is 7.16. The van der Waals surface area contributed by atoms with Crippen molar-refractivity contribution >= 4 is 28.0 Å². The minimum atomic E-state index is -0.351. The highest BCUT2D eigenvalue weighted by atomic mass is 79.9. The Morgan fingerprint density at radius 2 is 2.15 bits per heavy atom. The van der Waals surface area contributed by atoms with Crippen molar-refractivity contribution in [2.45, 2.75) is 0 Å². The van der Waals surface area contributed by atoms with Gasteiger partial charge in [-0.15, -0.1) is 0 Å². The highest BCUT2D eigenvalue weighted by Crippen LogP contribution is 2.16. The number of esters is 1. The van der Waals surface area contributed by atoms with Gasteiger partial charge in [0.2, 0.25) is 0 Å². The second-order valence-corrected chi connectivity index (χ2v) is 3.23. The van der Waals surface area contributed by atoms with Gasteiger partial charge < -0.3 is 4.74 Å². The summed E-state index contributed by atoms with van der Waals surface area (Å²) in [5, 5.41) is 0. The Balaban J connectivity index is 2.80. The normalized spacial score (nSPS) is 10.3. The number of halogens is 1. The Labute approximate surface area is 85.3 Å². The van der Waals surface area contributed by atoms with Gasteiger partial charge in [0.1, 0.15) is 0 Å². The van der Waals surface area contributed by atoms with Crippen molar-refractivity contribution < 1.29 is 9.53 Å². The molecule has 0 amide bonds.